The van der Waals surface area contributed by atoms with Gasteiger partial charge in [0, 0.05) is 55.0 Å². The molecule has 3 heterocycles. The fourth-order valence-electron chi connectivity index (χ4n) is 4.77. The summed E-state index contributed by atoms with van der Waals surface area (Å²) < 4.78 is 0. The second-order valence-electron chi connectivity index (χ2n) is 8.20. The molecule has 1 fully saturated rings. The molecule has 0 radical (unpaired) electrons. The molecule has 1 amide bonds. The standard InChI is InChI=1S/C25H25ClN4O/c26-20-7-9-21(10-8-20)29-12-13-30-23-6-2-1-5-19(23)14-22(24(30)17-29)25(31)28-16-18-4-3-11-27-15-18/h1-11,15,22,24H,12-14,16-17H2,(H,28,31)/t22-,24+/m1/s1. The van der Waals surface area contributed by atoms with Gasteiger partial charge in [-0.1, -0.05) is 35.9 Å². The lowest BCUT2D eigenvalue weighted by Crippen LogP contribution is -2.61. The summed E-state index contributed by atoms with van der Waals surface area (Å²) in [7, 11) is 0. The van der Waals surface area contributed by atoms with Gasteiger partial charge in [-0.25, -0.2) is 0 Å². The molecule has 5 rings (SSSR count). The lowest BCUT2D eigenvalue weighted by Gasteiger charge is -2.49. The molecule has 6 heteroatoms. The van der Waals surface area contributed by atoms with Gasteiger partial charge < -0.3 is 15.1 Å². The Morgan fingerprint density at radius 3 is 2.71 bits per heavy atom. The van der Waals surface area contributed by atoms with E-state index in [1.54, 1.807) is 12.4 Å². The van der Waals surface area contributed by atoms with Crippen LogP contribution in [0.3, 0.4) is 0 Å². The van der Waals surface area contributed by atoms with Crippen LogP contribution in [0.25, 0.3) is 0 Å². The van der Waals surface area contributed by atoms with Crippen LogP contribution in [0.2, 0.25) is 5.02 Å². The van der Waals surface area contributed by atoms with Gasteiger partial charge in [0.25, 0.3) is 0 Å². The number of benzene rings is 2. The van der Waals surface area contributed by atoms with Gasteiger partial charge in [-0.15, -0.1) is 0 Å². The molecule has 3 aromatic rings. The molecule has 2 aliphatic heterocycles. The third kappa shape index (κ3) is 4.10. The Morgan fingerprint density at radius 2 is 1.90 bits per heavy atom. The number of halogens is 1. The average Bonchev–Trinajstić information content (AvgIpc) is 2.83. The van der Waals surface area contributed by atoms with Gasteiger partial charge in [-0.3, -0.25) is 9.78 Å². The minimum Gasteiger partial charge on any atom is -0.368 e. The van der Waals surface area contributed by atoms with Crippen molar-refractivity contribution >= 4 is 28.9 Å². The normalized spacial score (nSPS) is 20.0. The summed E-state index contributed by atoms with van der Waals surface area (Å²) in [5.74, 6) is -0.00650. The molecule has 1 aromatic heterocycles. The van der Waals surface area contributed by atoms with Crippen LogP contribution in [0.1, 0.15) is 11.1 Å². The average molecular weight is 433 g/mol. The van der Waals surface area contributed by atoms with Crippen molar-refractivity contribution in [2.45, 2.75) is 19.0 Å². The first kappa shape index (κ1) is 19.9. The molecule has 0 spiro atoms. The molecule has 2 atom stereocenters. The topological polar surface area (TPSA) is 48.5 Å². The number of hydrogen-bond donors (Lipinski definition) is 1. The number of anilines is 2. The molecule has 1 N–H and O–H groups in total. The first-order chi connectivity index (χ1) is 15.2. The number of pyridine rings is 1. The Labute approximate surface area is 187 Å². The van der Waals surface area contributed by atoms with Crippen LogP contribution in [-0.2, 0) is 17.8 Å². The van der Waals surface area contributed by atoms with E-state index in [4.69, 9.17) is 11.6 Å². The smallest absolute Gasteiger partial charge is 0.225 e. The molecule has 0 bridgehead atoms. The molecule has 2 aromatic carbocycles. The maximum absolute atomic E-state index is 13.3. The Kier molecular flexibility index (Phi) is 5.51. The van der Waals surface area contributed by atoms with Crippen molar-refractivity contribution in [2.24, 2.45) is 5.92 Å². The van der Waals surface area contributed by atoms with Crippen LogP contribution in [0.15, 0.2) is 73.1 Å². The Balaban J connectivity index is 1.39. The molecule has 2 aliphatic rings. The largest absolute Gasteiger partial charge is 0.368 e. The number of fused-ring (bicyclic) bond motifs is 3. The SMILES string of the molecule is O=C(NCc1cccnc1)[C@@H]1Cc2ccccc2N2CCN(c3ccc(Cl)cc3)C[C@@H]12. The predicted molar refractivity (Wildman–Crippen MR) is 125 cm³/mol. The molecule has 5 nitrogen and oxygen atoms in total. The lowest BCUT2D eigenvalue weighted by atomic mass is 9.83. The highest BCUT2D eigenvalue weighted by Gasteiger charge is 2.41. The summed E-state index contributed by atoms with van der Waals surface area (Å²) in [6.07, 6.45) is 4.30. The van der Waals surface area contributed by atoms with E-state index in [9.17, 15) is 4.79 Å². The van der Waals surface area contributed by atoms with E-state index in [-0.39, 0.29) is 17.9 Å². The van der Waals surface area contributed by atoms with Crippen molar-refractivity contribution in [3.8, 4) is 0 Å². The summed E-state index contributed by atoms with van der Waals surface area (Å²) in [4.78, 5) is 22.3. The number of nitrogens with one attached hydrogen (secondary N) is 1. The zero-order chi connectivity index (χ0) is 21.2. The van der Waals surface area contributed by atoms with Crippen LogP contribution in [-0.4, -0.2) is 36.6 Å². The second-order valence-corrected chi connectivity index (χ2v) is 8.64. The van der Waals surface area contributed by atoms with Gasteiger partial charge in [0.2, 0.25) is 5.91 Å². The highest BCUT2D eigenvalue weighted by Crippen LogP contribution is 2.37. The van der Waals surface area contributed by atoms with Crippen LogP contribution in [0.5, 0.6) is 0 Å². The van der Waals surface area contributed by atoms with Crippen molar-refractivity contribution in [3.05, 3.63) is 89.2 Å². The fraction of sp³-hybridized carbons (Fsp3) is 0.280. The Hall–Kier alpha value is -3.05. The van der Waals surface area contributed by atoms with Crippen molar-refractivity contribution in [1.29, 1.82) is 0 Å². The zero-order valence-electron chi connectivity index (χ0n) is 17.2. The van der Waals surface area contributed by atoms with E-state index in [2.05, 4.69) is 56.5 Å². The van der Waals surface area contributed by atoms with Crippen molar-refractivity contribution in [3.63, 3.8) is 0 Å². The minimum absolute atomic E-state index is 0.103. The van der Waals surface area contributed by atoms with Gasteiger partial charge in [0.1, 0.15) is 0 Å². The van der Waals surface area contributed by atoms with E-state index in [0.717, 1.165) is 42.3 Å². The van der Waals surface area contributed by atoms with Gasteiger partial charge >= 0.3 is 0 Å². The van der Waals surface area contributed by atoms with E-state index < -0.39 is 0 Å². The summed E-state index contributed by atoms with van der Waals surface area (Å²) in [6.45, 7) is 3.10. The number of hydrogen-bond acceptors (Lipinski definition) is 4. The third-order valence-corrected chi connectivity index (χ3v) is 6.59. The summed E-state index contributed by atoms with van der Waals surface area (Å²) in [6, 6.07) is 20.5. The summed E-state index contributed by atoms with van der Waals surface area (Å²) in [5.41, 5.74) is 4.67. The van der Waals surface area contributed by atoms with E-state index >= 15 is 0 Å². The summed E-state index contributed by atoms with van der Waals surface area (Å²) >= 11 is 6.08. The number of carbonyl (C=O) groups excluding carboxylic acids is 1. The van der Waals surface area contributed by atoms with Gasteiger partial charge in [0.05, 0.1) is 12.0 Å². The fourth-order valence-corrected chi connectivity index (χ4v) is 4.89. The first-order valence-electron chi connectivity index (χ1n) is 10.7. The van der Waals surface area contributed by atoms with E-state index in [0.29, 0.717) is 6.54 Å². The van der Waals surface area contributed by atoms with E-state index in [1.165, 1.54) is 11.3 Å². The number of amides is 1. The highest BCUT2D eigenvalue weighted by molar-refractivity contribution is 6.30. The Morgan fingerprint density at radius 1 is 1.06 bits per heavy atom. The predicted octanol–water partition coefficient (Wildman–Crippen LogP) is 3.92. The van der Waals surface area contributed by atoms with Crippen LogP contribution >= 0.6 is 11.6 Å². The number of aromatic nitrogens is 1. The molecule has 1 saturated heterocycles. The molecule has 31 heavy (non-hydrogen) atoms. The molecular formula is C25H25ClN4O. The van der Waals surface area contributed by atoms with Gasteiger partial charge in [0.15, 0.2) is 0 Å². The van der Waals surface area contributed by atoms with E-state index in [1.807, 2.05) is 24.3 Å². The molecule has 0 aliphatic carbocycles. The maximum Gasteiger partial charge on any atom is 0.225 e. The Bertz CT molecular complexity index is 1060. The molecule has 0 unspecified atom stereocenters. The molecule has 158 valence electrons. The first-order valence-corrected chi connectivity index (χ1v) is 11.1. The zero-order valence-corrected chi connectivity index (χ0v) is 18.0. The van der Waals surface area contributed by atoms with Crippen molar-refractivity contribution in [1.82, 2.24) is 10.3 Å². The molecule has 0 saturated carbocycles. The van der Waals surface area contributed by atoms with Crippen molar-refractivity contribution < 1.29 is 4.79 Å². The highest BCUT2D eigenvalue weighted by atomic mass is 35.5. The quantitative estimate of drug-likeness (QED) is 0.678. The second kappa shape index (κ2) is 8.60. The number of rotatable bonds is 4. The number of carbonyl (C=O) groups is 1. The minimum atomic E-state index is -0.110. The van der Waals surface area contributed by atoms with Crippen molar-refractivity contribution in [2.75, 3.05) is 29.4 Å². The van der Waals surface area contributed by atoms with Crippen LogP contribution < -0.4 is 15.1 Å². The van der Waals surface area contributed by atoms with Gasteiger partial charge in [-0.05, 0) is 53.9 Å². The number of para-hydroxylation sites is 1. The van der Waals surface area contributed by atoms with Crippen LogP contribution in [0.4, 0.5) is 11.4 Å². The summed E-state index contributed by atoms with van der Waals surface area (Å²) in [5, 5.41) is 3.89. The number of nitrogens with zero attached hydrogens (tertiary/aromatic N) is 3. The van der Waals surface area contributed by atoms with Crippen LogP contribution in [0, 0.1) is 5.92 Å². The van der Waals surface area contributed by atoms with Gasteiger partial charge in [-0.2, -0.15) is 0 Å². The lowest BCUT2D eigenvalue weighted by molar-refractivity contribution is -0.126. The maximum atomic E-state index is 13.3. The third-order valence-electron chi connectivity index (χ3n) is 6.34. The monoisotopic (exact) mass is 432 g/mol. The number of piperazine rings is 1. The molecular weight excluding hydrogens is 408 g/mol.